The van der Waals surface area contributed by atoms with E-state index in [1.54, 1.807) is 25.3 Å². The second-order valence-corrected chi connectivity index (χ2v) is 5.32. The van der Waals surface area contributed by atoms with Crippen molar-refractivity contribution in [1.82, 2.24) is 5.32 Å². The number of aliphatic hydroxyl groups is 1. The van der Waals surface area contributed by atoms with Crippen LogP contribution >= 0.6 is 23.2 Å². The summed E-state index contributed by atoms with van der Waals surface area (Å²) in [6.45, 7) is 3.32. The third-order valence-electron chi connectivity index (χ3n) is 2.84. The topological polar surface area (TPSA) is 50.7 Å². The van der Waals surface area contributed by atoms with Gasteiger partial charge in [-0.2, -0.15) is 0 Å². The molecule has 0 fully saturated rings. The van der Waals surface area contributed by atoms with Crippen LogP contribution in [0.2, 0.25) is 10.0 Å². The molecule has 2 atom stereocenters. The number of benzene rings is 1. The van der Waals surface area contributed by atoms with Gasteiger partial charge in [0, 0.05) is 25.8 Å². The molecule has 0 saturated carbocycles. The second kappa shape index (κ2) is 9.42. The molecule has 0 amide bonds. The lowest BCUT2D eigenvalue weighted by Crippen LogP contribution is -2.39. The first kappa shape index (κ1) is 17.5. The van der Waals surface area contributed by atoms with Gasteiger partial charge < -0.3 is 19.9 Å². The molecule has 1 aromatic carbocycles. The summed E-state index contributed by atoms with van der Waals surface area (Å²) in [6, 6.07) is 5.24. The van der Waals surface area contributed by atoms with Crippen molar-refractivity contribution in [2.24, 2.45) is 0 Å². The fraction of sp³-hybridized carbons (Fsp3) is 0.571. The highest BCUT2D eigenvalue weighted by Crippen LogP contribution is 2.26. The van der Waals surface area contributed by atoms with Crippen LogP contribution in [0.1, 0.15) is 13.3 Å². The number of hydrogen-bond donors (Lipinski definition) is 2. The number of ether oxygens (including phenoxy) is 2. The van der Waals surface area contributed by atoms with Gasteiger partial charge in [0.15, 0.2) is 0 Å². The Balaban J connectivity index is 2.31. The van der Waals surface area contributed by atoms with Crippen molar-refractivity contribution in [3.05, 3.63) is 28.2 Å². The van der Waals surface area contributed by atoms with E-state index in [0.29, 0.717) is 28.9 Å². The molecular weight excluding hydrogens is 301 g/mol. The van der Waals surface area contributed by atoms with Gasteiger partial charge in [-0.15, -0.1) is 0 Å². The van der Waals surface area contributed by atoms with Gasteiger partial charge >= 0.3 is 0 Å². The maximum Gasteiger partial charge on any atom is 0.121 e. The smallest absolute Gasteiger partial charge is 0.121 e. The summed E-state index contributed by atoms with van der Waals surface area (Å²) in [7, 11) is 1.66. The Kier molecular flexibility index (Phi) is 8.26. The standard InChI is InChI=1S/C14H21Cl2NO3/c1-3-10(8-19-2)17-7-11(18)9-20-12-4-5-13(15)14(16)6-12/h4-6,10-11,17-18H,3,7-9H2,1-2H3. The van der Waals surface area contributed by atoms with Crippen LogP contribution in [-0.4, -0.2) is 44.1 Å². The van der Waals surface area contributed by atoms with Gasteiger partial charge in [-0.1, -0.05) is 30.1 Å². The number of halogens is 2. The van der Waals surface area contributed by atoms with Crippen LogP contribution < -0.4 is 10.1 Å². The van der Waals surface area contributed by atoms with E-state index in [1.807, 2.05) is 0 Å². The lowest BCUT2D eigenvalue weighted by atomic mass is 10.2. The van der Waals surface area contributed by atoms with Crippen molar-refractivity contribution < 1.29 is 14.6 Å². The third-order valence-corrected chi connectivity index (χ3v) is 3.58. The summed E-state index contributed by atoms with van der Waals surface area (Å²) in [5, 5.41) is 14.0. The second-order valence-electron chi connectivity index (χ2n) is 4.51. The molecular formula is C14H21Cl2NO3. The minimum absolute atomic E-state index is 0.189. The molecule has 0 bridgehead atoms. The van der Waals surface area contributed by atoms with E-state index in [9.17, 15) is 5.11 Å². The summed E-state index contributed by atoms with van der Waals surface area (Å²) < 4.78 is 10.5. The van der Waals surface area contributed by atoms with E-state index in [4.69, 9.17) is 32.7 Å². The van der Waals surface area contributed by atoms with E-state index >= 15 is 0 Å². The van der Waals surface area contributed by atoms with Gasteiger partial charge in [-0.25, -0.2) is 0 Å². The van der Waals surface area contributed by atoms with Crippen molar-refractivity contribution >= 4 is 23.2 Å². The zero-order valence-electron chi connectivity index (χ0n) is 11.7. The predicted octanol–water partition coefficient (Wildman–Crippen LogP) is 2.75. The van der Waals surface area contributed by atoms with Gasteiger partial charge in [-0.3, -0.25) is 0 Å². The average molecular weight is 322 g/mol. The highest BCUT2D eigenvalue weighted by atomic mass is 35.5. The number of hydrogen-bond acceptors (Lipinski definition) is 4. The van der Waals surface area contributed by atoms with Crippen molar-refractivity contribution in [2.45, 2.75) is 25.5 Å². The van der Waals surface area contributed by atoms with E-state index in [1.165, 1.54) is 0 Å². The van der Waals surface area contributed by atoms with Crippen molar-refractivity contribution in [3.8, 4) is 5.75 Å². The molecule has 1 aromatic rings. The summed E-state index contributed by atoms with van der Waals surface area (Å²) in [5.74, 6) is 0.586. The molecule has 0 aliphatic rings. The van der Waals surface area contributed by atoms with E-state index in [-0.39, 0.29) is 12.6 Å². The summed E-state index contributed by atoms with van der Waals surface area (Å²) in [4.78, 5) is 0. The third kappa shape index (κ3) is 6.29. The zero-order chi connectivity index (χ0) is 15.0. The number of aliphatic hydroxyl groups excluding tert-OH is 1. The molecule has 0 aromatic heterocycles. The van der Waals surface area contributed by atoms with E-state index in [2.05, 4.69) is 12.2 Å². The molecule has 1 rings (SSSR count). The van der Waals surface area contributed by atoms with Gasteiger partial charge in [0.1, 0.15) is 18.5 Å². The number of nitrogens with one attached hydrogen (secondary N) is 1. The number of methoxy groups -OCH3 is 1. The summed E-state index contributed by atoms with van der Waals surface area (Å²) in [6.07, 6.45) is 0.337. The van der Waals surface area contributed by atoms with Crippen molar-refractivity contribution in [2.75, 3.05) is 26.9 Å². The Bertz CT molecular complexity index is 404. The molecule has 114 valence electrons. The summed E-state index contributed by atoms with van der Waals surface area (Å²) >= 11 is 11.7. The van der Waals surface area contributed by atoms with Gasteiger partial charge in [-0.05, 0) is 18.6 Å². The van der Waals surface area contributed by atoms with Crippen LogP contribution in [0.5, 0.6) is 5.75 Å². The van der Waals surface area contributed by atoms with Crippen LogP contribution in [0.15, 0.2) is 18.2 Å². The Labute approximate surface area is 130 Å². The van der Waals surface area contributed by atoms with Crippen LogP contribution in [0, 0.1) is 0 Å². The minimum Gasteiger partial charge on any atom is -0.491 e. The average Bonchev–Trinajstić information content (AvgIpc) is 2.44. The molecule has 4 nitrogen and oxygen atoms in total. The number of rotatable bonds is 9. The molecule has 0 aliphatic heterocycles. The zero-order valence-corrected chi connectivity index (χ0v) is 13.2. The predicted molar refractivity (Wildman–Crippen MR) is 81.9 cm³/mol. The molecule has 0 aliphatic carbocycles. The lowest BCUT2D eigenvalue weighted by molar-refractivity contribution is 0.0953. The first-order chi connectivity index (χ1) is 9.56. The Hall–Kier alpha value is -0.520. The molecule has 20 heavy (non-hydrogen) atoms. The van der Waals surface area contributed by atoms with Crippen molar-refractivity contribution in [1.29, 1.82) is 0 Å². The monoisotopic (exact) mass is 321 g/mol. The Morgan fingerprint density at radius 1 is 1.25 bits per heavy atom. The lowest BCUT2D eigenvalue weighted by Gasteiger charge is -2.19. The molecule has 0 radical (unpaired) electrons. The Morgan fingerprint density at radius 3 is 2.60 bits per heavy atom. The maximum atomic E-state index is 9.86. The quantitative estimate of drug-likeness (QED) is 0.734. The molecule has 0 heterocycles. The van der Waals surface area contributed by atoms with Gasteiger partial charge in [0.25, 0.3) is 0 Å². The summed E-state index contributed by atoms with van der Waals surface area (Å²) in [5.41, 5.74) is 0. The Morgan fingerprint density at radius 2 is 2.00 bits per heavy atom. The molecule has 6 heteroatoms. The molecule has 0 saturated heterocycles. The molecule has 2 N–H and O–H groups in total. The van der Waals surface area contributed by atoms with Crippen molar-refractivity contribution in [3.63, 3.8) is 0 Å². The maximum absolute atomic E-state index is 9.86. The fourth-order valence-electron chi connectivity index (χ4n) is 1.64. The van der Waals surface area contributed by atoms with E-state index < -0.39 is 6.10 Å². The highest BCUT2D eigenvalue weighted by molar-refractivity contribution is 6.42. The highest BCUT2D eigenvalue weighted by Gasteiger charge is 2.10. The SMILES string of the molecule is CCC(COC)NCC(O)COc1ccc(Cl)c(Cl)c1. The molecule has 0 spiro atoms. The van der Waals surface area contributed by atoms with Gasteiger partial charge in [0.2, 0.25) is 0 Å². The van der Waals surface area contributed by atoms with Gasteiger partial charge in [0.05, 0.1) is 16.7 Å². The minimum atomic E-state index is -0.602. The van der Waals surface area contributed by atoms with Crippen LogP contribution in [0.3, 0.4) is 0 Å². The molecule has 2 unspecified atom stereocenters. The fourth-order valence-corrected chi connectivity index (χ4v) is 1.93. The first-order valence-corrected chi connectivity index (χ1v) is 7.30. The van der Waals surface area contributed by atoms with Crippen LogP contribution in [-0.2, 0) is 4.74 Å². The van der Waals surface area contributed by atoms with Crippen LogP contribution in [0.4, 0.5) is 0 Å². The normalized spacial score (nSPS) is 14.1. The largest absolute Gasteiger partial charge is 0.491 e. The van der Waals surface area contributed by atoms with Crippen LogP contribution in [0.25, 0.3) is 0 Å². The first-order valence-electron chi connectivity index (χ1n) is 6.55. The van der Waals surface area contributed by atoms with E-state index in [0.717, 1.165) is 6.42 Å².